The quantitative estimate of drug-likeness (QED) is 0.750. The van der Waals surface area contributed by atoms with Crippen LogP contribution in [0.3, 0.4) is 0 Å². The van der Waals surface area contributed by atoms with E-state index in [-0.39, 0.29) is 12.5 Å². The number of benzene rings is 1. The minimum Gasteiger partial charge on any atom is -0.468 e. The van der Waals surface area contributed by atoms with Gasteiger partial charge in [-0.3, -0.25) is 4.79 Å². The molecule has 0 aliphatic rings. The molecule has 5 heteroatoms. The van der Waals surface area contributed by atoms with Gasteiger partial charge in [0.1, 0.15) is 12.9 Å². The van der Waals surface area contributed by atoms with Crippen molar-refractivity contribution in [2.24, 2.45) is 0 Å². The summed E-state index contributed by atoms with van der Waals surface area (Å²) in [5, 5.41) is 4.21. The molecule has 0 saturated heterocycles. The first-order valence-corrected chi connectivity index (χ1v) is 5.22. The molecule has 0 atom stereocenters. The highest BCUT2D eigenvalue weighted by Gasteiger charge is 2.07. The van der Waals surface area contributed by atoms with Crippen LogP contribution in [0.25, 0.3) is 11.4 Å². The Labute approximate surface area is 99.1 Å². The maximum Gasteiger partial charge on any atom is 0.327 e. The first-order chi connectivity index (χ1) is 8.19. The summed E-state index contributed by atoms with van der Waals surface area (Å²) >= 11 is 0. The number of rotatable bonds is 3. The largest absolute Gasteiger partial charge is 0.468 e. The number of aromatic nitrogens is 3. The van der Waals surface area contributed by atoms with E-state index in [0.29, 0.717) is 5.82 Å². The van der Waals surface area contributed by atoms with E-state index >= 15 is 0 Å². The van der Waals surface area contributed by atoms with Crippen molar-refractivity contribution < 1.29 is 9.53 Å². The van der Waals surface area contributed by atoms with Crippen molar-refractivity contribution in [2.45, 2.75) is 13.5 Å². The molecule has 1 aromatic heterocycles. The zero-order valence-electron chi connectivity index (χ0n) is 9.75. The van der Waals surface area contributed by atoms with Crippen LogP contribution in [-0.2, 0) is 16.1 Å². The first-order valence-electron chi connectivity index (χ1n) is 5.22. The molecule has 0 saturated carbocycles. The molecule has 1 aromatic carbocycles. The van der Waals surface area contributed by atoms with Crippen molar-refractivity contribution in [3.63, 3.8) is 0 Å². The summed E-state index contributed by atoms with van der Waals surface area (Å²) in [4.78, 5) is 15.2. The number of carbonyl (C=O) groups excluding carboxylic acids is 1. The number of esters is 1. The molecular formula is C12H13N3O2. The van der Waals surface area contributed by atoms with Gasteiger partial charge in [0, 0.05) is 5.56 Å². The van der Waals surface area contributed by atoms with E-state index in [9.17, 15) is 4.79 Å². The Balaban J connectivity index is 2.21. The van der Waals surface area contributed by atoms with E-state index in [2.05, 4.69) is 14.8 Å². The summed E-state index contributed by atoms with van der Waals surface area (Å²) in [6.45, 7) is 2.09. The van der Waals surface area contributed by atoms with Crippen LogP contribution < -0.4 is 0 Å². The first kappa shape index (κ1) is 11.3. The summed E-state index contributed by atoms with van der Waals surface area (Å²) in [7, 11) is 1.35. The Bertz CT molecular complexity index is 534. The molecule has 5 nitrogen and oxygen atoms in total. The zero-order chi connectivity index (χ0) is 12.3. The Morgan fingerprint density at radius 3 is 3.00 bits per heavy atom. The normalized spacial score (nSPS) is 10.2. The number of ether oxygens (including phenoxy) is 1. The molecule has 88 valence electrons. The van der Waals surface area contributed by atoms with E-state index in [1.165, 1.54) is 18.1 Å². The Hall–Kier alpha value is -2.17. The molecule has 0 bridgehead atoms. The standard InChI is InChI=1S/C12H13N3O2/c1-9-4-3-5-10(6-9)12-13-8-15(14-12)7-11(16)17-2/h3-6,8H,7H2,1-2H3. The molecule has 0 fully saturated rings. The lowest BCUT2D eigenvalue weighted by atomic mass is 10.1. The minimum absolute atomic E-state index is 0.0787. The molecule has 0 radical (unpaired) electrons. The summed E-state index contributed by atoms with van der Waals surface area (Å²) in [5.41, 5.74) is 2.08. The lowest BCUT2D eigenvalue weighted by molar-refractivity contribution is -0.141. The van der Waals surface area contributed by atoms with Crippen molar-refractivity contribution in [2.75, 3.05) is 7.11 Å². The number of nitrogens with zero attached hydrogens (tertiary/aromatic N) is 3. The van der Waals surface area contributed by atoms with Crippen LogP contribution in [0.15, 0.2) is 30.6 Å². The van der Waals surface area contributed by atoms with Crippen LogP contribution in [0.4, 0.5) is 0 Å². The molecule has 1 heterocycles. The molecule has 0 spiro atoms. The highest BCUT2D eigenvalue weighted by atomic mass is 16.5. The average molecular weight is 231 g/mol. The van der Waals surface area contributed by atoms with Gasteiger partial charge in [0.2, 0.25) is 0 Å². The Morgan fingerprint density at radius 1 is 1.47 bits per heavy atom. The molecule has 17 heavy (non-hydrogen) atoms. The average Bonchev–Trinajstić information content (AvgIpc) is 2.77. The van der Waals surface area contributed by atoms with Crippen molar-refractivity contribution >= 4 is 5.97 Å². The second-order valence-corrected chi connectivity index (χ2v) is 3.71. The molecule has 2 aromatic rings. The van der Waals surface area contributed by atoms with Crippen molar-refractivity contribution in [3.8, 4) is 11.4 Å². The van der Waals surface area contributed by atoms with E-state index in [4.69, 9.17) is 0 Å². The van der Waals surface area contributed by atoms with Crippen LogP contribution in [0.1, 0.15) is 5.56 Å². The maximum atomic E-state index is 11.1. The third-order valence-electron chi connectivity index (χ3n) is 2.33. The van der Waals surface area contributed by atoms with Gasteiger partial charge in [-0.05, 0) is 13.0 Å². The molecule has 0 amide bonds. The van der Waals surface area contributed by atoms with Crippen molar-refractivity contribution in [1.82, 2.24) is 14.8 Å². The van der Waals surface area contributed by atoms with Crippen LogP contribution in [0.2, 0.25) is 0 Å². The second-order valence-electron chi connectivity index (χ2n) is 3.71. The summed E-state index contributed by atoms with van der Waals surface area (Å²) in [5.74, 6) is 0.267. The van der Waals surface area contributed by atoms with Gasteiger partial charge in [-0.2, -0.15) is 5.10 Å². The maximum absolute atomic E-state index is 11.1. The topological polar surface area (TPSA) is 57.0 Å². The van der Waals surface area contributed by atoms with E-state index in [1.54, 1.807) is 0 Å². The van der Waals surface area contributed by atoms with Crippen molar-refractivity contribution in [1.29, 1.82) is 0 Å². The summed E-state index contributed by atoms with van der Waals surface area (Å²) in [6.07, 6.45) is 1.52. The molecular weight excluding hydrogens is 218 g/mol. The van der Waals surface area contributed by atoms with E-state index in [1.807, 2.05) is 31.2 Å². The van der Waals surface area contributed by atoms with Gasteiger partial charge in [-0.15, -0.1) is 0 Å². The van der Waals surface area contributed by atoms with Crippen LogP contribution in [-0.4, -0.2) is 27.8 Å². The Kier molecular flexibility index (Phi) is 3.18. The second kappa shape index (κ2) is 4.78. The Morgan fingerprint density at radius 2 is 2.29 bits per heavy atom. The van der Waals surface area contributed by atoms with Gasteiger partial charge in [0.05, 0.1) is 7.11 Å². The molecule has 2 rings (SSSR count). The zero-order valence-corrected chi connectivity index (χ0v) is 9.75. The number of hydrogen-bond donors (Lipinski definition) is 0. The van der Waals surface area contributed by atoms with E-state index in [0.717, 1.165) is 11.1 Å². The fraction of sp³-hybridized carbons (Fsp3) is 0.250. The molecule has 0 aliphatic heterocycles. The van der Waals surface area contributed by atoms with Gasteiger partial charge in [0.25, 0.3) is 0 Å². The van der Waals surface area contributed by atoms with Crippen molar-refractivity contribution in [3.05, 3.63) is 36.2 Å². The third-order valence-corrected chi connectivity index (χ3v) is 2.33. The minimum atomic E-state index is -0.342. The predicted molar refractivity (Wildman–Crippen MR) is 62.2 cm³/mol. The lowest BCUT2D eigenvalue weighted by Crippen LogP contribution is -2.11. The summed E-state index contributed by atoms with van der Waals surface area (Å²) in [6, 6.07) is 7.89. The smallest absolute Gasteiger partial charge is 0.327 e. The highest BCUT2D eigenvalue weighted by molar-refractivity contribution is 5.68. The van der Waals surface area contributed by atoms with Gasteiger partial charge in [-0.25, -0.2) is 9.67 Å². The predicted octanol–water partition coefficient (Wildman–Crippen LogP) is 1.43. The molecule has 0 N–H and O–H groups in total. The fourth-order valence-corrected chi connectivity index (χ4v) is 1.48. The lowest BCUT2D eigenvalue weighted by Gasteiger charge is -1.98. The summed E-state index contributed by atoms with van der Waals surface area (Å²) < 4.78 is 6.02. The van der Waals surface area contributed by atoms with Crippen LogP contribution in [0, 0.1) is 6.92 Å². The molecule has 0 aliphatic carbocycles. The van der Waals surface area contributed by atoms with Gasteiger partial charge >= 0.3 is 5.97 Å². The fourth-order valence-electron chi connectivity index (χ4n) is 1.48. The van der Waals surface area contributed by atoms with Gasteiger partial charge in [0.15, 0.2) is 5.82 Å². The van der Waals surface area contributed by atoms with Gasteiger partial charge < -0.3 is 4.74 Å². The van der Waals surface area contributed by atoms with E-state index < -0.39 is 0 Å². The number of methoxy groups -OCH3 is 1. The number of aryl methyl sites for hydroxylation is 1. The highest BCUT2D eigenvalue weighted by Crippen LogP contribution is 2.15. The number of carbonyl (C=O) groups is 1. The monoisotopic (exact) mass is 231 g/mol. The third kappa shape index (κ3) is 2.69. The van der Waals surface area contributed by atoms with Crippen LogP contribution >= 0.6 is 0 Å². The van der Waals surface area contributed by atoms with Gasteiger partial charge in [-0.1, -0.05) is 23.8 Å². The SMILES string of the molecule is COC(=O)Cn1cnc(-c2cccc(C)c2)n1. The molecule has 0 unspecified atom stereocenters. The number of hydrogen-bond acceptors (Lipinski definition) is 4. The van der Waals surface area contributed by atoms with Crippen LogP contribution in [0.5, 0.6) is 0 Å².